The summed E-state index contributed by atoms with van der Waals surface area (Å²) in [6, 6.07) is 7.21. The van der Waals surface area contributed by atoms with Gasteiger partial charge in [-0.15, -0.1) is 0 Å². The number of para-hydroxylation sites is 1. The highest BCUT2D eigenvalue weighted by molar-refractivity contribution is 7.81. The fourth-order valence-electron chi connectivity index (χ4n) is 1.73. The quantitative estimate of drug-likeness (QED) is 0.698. The summed E-state index contributed by atoms with van der Waals surface area (Å²) in [5.74, 6) is 0. The van der Waals surface area contributed by atoms with Crippen molar-refractivity contribution < 1.29 is 0 Å². The maximum atomic E-state index is 11.9. The Morgan fingerprint density at radius 2 is 1.65 bits per heavy atom. The van der Waals surface area contributed by atoms with Gasteiger partial charge in [-0.1, -0.05) is 42.6 Å². The minimum Gasteiger partial charge on any atom is -0.389 e. The summed E-state index contributed by atoms with van der Waals surface area (Å²) >= 11 is 9.83. The highest BCUT2D eigenvalue weighted by atomic mass is 32.1. The first kappa shape index (κ1) is 11.7. The van der Waals surface area contributed by atoms with Crippen molar-refractivity contribution in [2.45, 2.75) is 0 Å². The Morgan fingerprint density at radius 1 is 1.06 bits per heavy atom. The molecule has 0 aliphatic carbocycles. The van der Waals surface area contributed by atoms with Crippen LogP contribution in [0.25, 0.3) is 10.9 Å². The van der Waals surface area contributed by atoms with Gasteiger partial charge in [0.1, 0.15) is 9.98 Å². The number of rotatable bonds is 2. The van der Waals surface area contributed by atoms with Gasteiger partial charge >= 0.3 is 0 Å². The molecule has 1 heterocycles. The predicted molar refractivity (Wildman–Crippen MR) is 76.3 cm³/mol. The van der Waals surface area contributed by atoms with Crippen molar-refractivity contribution in [3.8, 4) is 0 Å². The molecule has 0 amide bonds. The molecule has 1 aromatic heterocycles. The number of hydrogen-bond acceptors (Lipinski definition) is 3. The van der Waals surface area contributed by atoms with E-state index in [1.54, 1.807) is 6.07 Å². The van der Waals surface area contributed by atoms with E-state index in [1.165, 1.54) is 0 Å². The molecule has 86 valence electrons. The molecular weight excluding hydrogens is 254 g/mol. The zero-order valence-corrected chi connectivity index (χ0v) is 10.3. The van der Waals surface area contributed by atoms with Gasteiger partial charge in [-0.25, -0.2) is 0 Å². The molecule has 4 nitrogen and oxygen atoms in total. The Morgan fingerprint density at radius 3 is 2.24 bits per heavy atom. The summed E-state index contributed by atoms with van der Waals surface area (Å²) < 4.78 is 0. The zero-order valence-electron chi connectivity index (χ0n) is 8.69. The average molecular weight is 263 g/mol. The third-order valence-electron chi connectivity index (χ3n) is 2.41. The first-order valence-corrected chi connectivity index (χ1v) is 5.58. The molecule has 0 aliphatic rings. The second kappa shape index (κ2) is 4.23. The van der Waals surface area contributed by atoms with Crippen LogP contribution >= 0.6 is 24.4 Å². The number of aromatic nitrogens is 1. The molecule has 0 saturated heterocycles. The van der Waals surface area contributed by atoms with Gasteiger partial charge in [0.2, 0.25) is 0 Å². The van der Waals surface area contributed by atoms with Gasteiger partial charge in [0.05, 0.1) is 5.56 Å². The van der Waals surface area contributed by atoms with Crippen LogP contribution in [0.1, 0.15) is 11.1 Å². The van der Waals surface area contributed by atoms with E-state index in [-0.39, 0.29) is 21.1 Å². The van der Waals surface area contributed by atoms with E-state index >= 15 is 0 Å². The van der Waals surface area contributed by atoms with E-state index in [2.05, 4.69) is 4.98 Å². The van der Waals surface area contributed by atoms with Crippen LogP contribution in [0.2, 0.25) is 0 Å². The van der Waals surface area contributed by atoms with Crippen molar-refractivity contribution in [1.29, 1.82) is 0 Å². The SMILES string of the molecule is NC(=S)c1c(C(N)=S)c2ccccc2[nH]c1=O. The number of nitrogens with one attached hydrogen (secondary N) is 1. The van der Waals surface area contributed by atoms with Crippen LogP contribution in [0.5, 0.6) is 0 Å². The van der Waals surface area contributed by atoms with E-state index in [0.717, 1.165) is 5.39 Å². The third kappa shape index (κ3) is 1.92. The van der Waals surface area contributed by atoms with Crippen LogP contribution in [-0.2, 0) is 0 Å². The zero-order chi connectivity index (χ0) is 12.6. The lowest BCUT2D eigenvalue weighted by Gasteiger charge is -2.09. The molecule has 6 heteroatoms. The Balaban J connectivity index is 3.04. The van der Waals surface area contributed by atoms with Crippen LogP contribution in [0.3, 0.4) is 0 Å². The van der Waals surface area contributed by atoms with Crippen molar-refractivity contribution in [3.63, 3.8) is 0 Å². The molecule has 0 unspecified atom stereocenters. The molecule has 1 aromatic carbocycles. The highest BCUT2D eigenvalue weighted by Gasteiger charge is 2.16. The van der Waals surface area contributed by atoms with Gasteiger partial charge < -0.3 is 16.5 Å². The predicted octanol–water partition coefficient (Wildman–Crippen LogP) is 0.797. The molecule has 0 bridgehead atoms. The number of hydrogen-bond donors (Lipinski definition) is 3. The molecule has 0 atom stereocenters. The molecule has 2 rings (SSSR count). The summed E-state index contributed by atoms with van der Waals surface area (Å²) in [6.45, 7) is 0. The Labute approximate surface area is 108 Å². The molecule has 0 fully saturated rings. The van der Waals surface area contributed by atoms with Crippen LogP contribution in [0.15, 0.2) is 29.1 Å². The van der Waals surface area contributed by atoms with Crippen LogP contribution in [0, 0.1) is 0 Å². The second-order valence-electron chi connectivity index (χ2n) is 3.48. The Bertz CT molecular complexity index is 691. The summed E-state index contributed by atoms with van der Waals surface area (Å²) in [6.07, 6.45) is 0. The van der Waals surface area contributed by atoms with E-state index in [4.69, 9.17) is 35.9 Å². The molecule has 0 aliphatic heterocycles. The highest BCUT2D eigenvalue weighted by Crippen LogP contribution is 2.17. The standard InChI is InChI=1S/C11H9N3OS2/c12-9(16)7-5-3-1-2-4-6(5)14-11(15)8(7)10(13)17/h1-4H,(H2,12,16)(H2,13,17)(H,14,15). The minimum absolute atomic E-state index is 0.0141. The first-order chi connectivity index (χ1) is 8.02. The number of benzene rings is 1. The largest absolute Gasteiger partial charge is 0.389 e. The van der Waals surface area contributed by atoms with E-state index in [1.807, 2.05) is 18.2 Å². The van der Waals surface area contributed by atoms with E-state index in [0.29, 0.717) is 11.1 Å². The topological polar surface area (TPSA) is 84.9 Å². The van der Waals surface area contributed by atoms with Gasteiger partial charge in [-0.3, -0.25) is 4.79 Å². The number of pyridine rings is 1. The molecule has 0 spiro atoms. The number of fused-ring (bicyclic) bond motifs is 1. The van der Waals surface area contributed by atoms with E-state index < -0.39 is 0 Å². The fraction of sp³-hybridized carbons (Fsp3) is 0. The van der Waals surface area contributed by atoms with Crippen molar-refractivity contribution in [1.82, 2.24) is 4.98 Å². The van der Waals surface area contributed by atoms with E-state index in [9.17, 15) is 4.79 Å². The lowest BCUT2D eigenvalue weighted by atomic mass is 10.0. The lowest BCUT2D eigenvalue weighted by molar-refractivity contribution is 1.28. The molecule has 0 saturated carbocycles. The maximum absolute atomic E-state index is 11.9. The Kier molecular flexibility index (Phi) is 2.91. The average Bonchev–Trinajstić information content (AvgIpc) is 2.26. The van der Waals surface area contributed by atoms with Crippen molar-refractivity contribution in [2.24, 2.45) is 11.5 Å². The smallest absolute Gasteiger partial charge is 0.259 e. The van der Waals surface area contributed by atoms with Gasteiger partial charge in [0, 0.05) is 16.5 Å². The second-order valence-corrected chi connectivity index (χ2v) is 4.36. The van der Waals surface area contributed by atoms with Gasteiger partial charge in [0.25, 0.3) is 5.56 Å². The molecule has 5 N–H and O–H groups in total. The van der Waals surface area contributed by atoms with Crippen molar-refractivity contribution in [2.75, 3.05) is 0 Å². The fourth-order valence-corrected chi connectivity index (χ4v) is 2.14. The number of H-pyrrole nitrogens is 1. The van der Waals surface area contributed by atoms with Crippen LogP contribution < -0.4 is 17.0 Å². The van der Waals surface area contributed by atoms with Crippen molar-refractivity contribution >= 4 is 45.3 Å². The molecular formula is C11H9N3OS2. The van der Waals surface area contributed by atoms with Crippen LogP contribution in [-0.4, -0.2) is 15.0 Å². The monoisotopic (exact) mass is 263 g/mol. The minimum atomic E-state index is -0.376. The van der Waals surface area contributed by atoms with Gasteiger partial charge in [0.15, 0.2) is 0 Å². The normalized spacial score (nSPS) is 10.4. The molecule has 0 radical (unpaired) electrons. The summed E-state index contributed by atoms with van der Waals surface area (Å²) in [5.41, 5.74) is 12.1. The summed E-state index contributed by atoms with van der Waals surface area (Å²) in [7, 11) is 0. The number of thiocarbonyl (C=S) groups is 2. The maximum Gasteiger partial charge on any atom is 0.259 e. The molecule has 2 aromatic rings. The van der Waals surface area contributed by atoms with Gasteiger partial charge in [-0.2, -0.15) is 0 Å². The third-order valence-corrected chi connectivity index (χ3v) is 2.82. The molecule has 17 heavy (non-hydrogen) atoms. The first-order valence-electron chi connectivity index (χ1n) is 4.77. The number of nitrogens with two attached hydrogens (primary N) is 2. The van der Waals surface area contributed by atoms with Crippen LogP contribution in [0.4, 0.5) is 0 Å². The van der Waals surface area contributed by atoms with Crippen molar-refractivity contribution in [3.05, 3.63) is 45.7 Å². The summed E-state index contributed by atoms with van der Waals surface area (Å²) in [5, 5.41) is 0.738. The lowest BCUT2D eigenvalue weighted by Crippen LogP contribution is -2.29. The van der Waals surface area contributed by atoms with Gasteiger partial charge in [-0.05, 0) is 6.07 Å². The number of aromatic amines is 1. The Hall–Kier alpha value is -1.79. The summed E-state index contributed by atoms with van der Waals surface area (Å²) in [4.78, 5) is 14.7.